The van der Waals surface area contributed by atoms with Crippen molar-refractivity contribution in [2.75, 3.05) is 19.5 Å². The van der Waals surface area contributed by atoms with Gasteiger partial charge in [0.05, 0.1) is 31.2 Å². The van der Waals surface area contributed by atoms with Gasteiger partial charge in [0.2, 0.25) is 5.78 Å². The minimum Gasteiger partial charge on any atom is -0.496 e. The van der Waals surface area contributed by atoms with Crippen molar-refractivity contribution in [3.05, 3.63) is 93.7 Å². The topological polar surface area (TPSA) is 70.7 Å². The van der Waals surface area contributed by atoms with Crippen molar-refractivity contribution in [3.8, 4) is 11.5 Å². The maximum absolute atomic E-state index is 13.4. The van der Waals surface area contributed by atoms with Crippen LogP contribution in [0.1, 0.15) is 5.56 Å². The number of fused-ring (bicyclic) bond motifs is 3. The average molecular weight is 493 g/mol. The monoisotopic (exact) mass is 492 g/mol. The number of methoxy groups -OCH3 is 1. The fourth-order valence-electron chi connectivity index (χ4n) is 3.80. The highest BCUT2D eigenvalue weighted by Crippen LogP contribution is 2.24. The number of halogens is 1. The van der Waals surface area contributed by atoms with Crippen molar-refractivity contribution >= 4 is 40.0 Å². The lowest BCUT2D eigenvalue weighted by Gasteiger charge is -2.13. The molecule has 3 aromatic carbocycles. The number of rotatable bonds is 8. The summed E-state index contributed by atoms with van der Waals surface area (Å²) < 4.78 is 14.9. The van der Waals surface area contributed by atoms with Crippen molar-refractivity contribution < 1.29 is 9.47 Å². The van der Waals surface area contributed by atoms with Crippen LogP contribution in [-0.4, -0.2) is 38.6 Å². The maximum Gasteiger partial charge on any atom is 0.263 e. The molecule has 0 aliphatic rings. The van der Waals surface area contributed by atoms with Crippen LogP contribution in [0.4, 0.5) is 0 Å². The third-order valence-electron chi connectivity index (χ3n) is 5.40. The summed E-state index contributed by atoms with van der Waals surface area (Å²) in [5.41, 5.74) is 1.53. The zero-order valence-electron chi connectivity index (χ0n) is 18.3. The standard InChI is InChI=1S/C25H21ClN4O3S/c1-32-22-9-5-2-6-17(22)16-29-23(31)20-7-3-4-8-21(20)30-24(29)27-28-25(30)34-15-14-33-19-12-10-18(26)11-13-19/h2-13H,14-16H2,1H3. The highest BCUT2D eigenvalue weighted by Gasteiger charge is 2.18. The Balaban J connectivity index is 1.48. The van der Waals surface area contributed by atoms with Gasteiger partial charge in [-0.15, -0.1) is 10.2 Å². The van der Waals surface area contributed by atoms with E-state index >= 15 is 0 Å². The molecular formula is C25H21ClN4O3S. The number of hydrogen-bond acceptors (Lipinski definition) is 6. The highest BCUT2D eigenvalue weighted by molar-refractivity contribution is 7.99. The summed E-state index contributed by atoms with van der Waals surface area (Å²) in [6.07, 6.45) is 0. The highest BCUT2D eigenvalue weighted by atomic mass is 35.5. The Morgan fingerprint density at radius 3 is 2.56 bits per heavy atom. The Morgan fingerprint density at radius 2 is 1.74 bits per heavy atom. The molecule has 9 heteroatoms. The molecule has 0 aliphatic heterocycles. The zero-order valence-corrected chi connectivity index (χ0v) is 19.9. The van der Waals surface area contributed by atoms with E-state index in [4.69, 9.17) is 21.1 Å². The zero-order chi connectivity index (χ0) is 23.5. The molecule has 0 radical (unpaired) electrons. The second-order valence-corrected chi connectivity index (χ2v) is 8.99. The lowest BCUT2D eigenvalue weighted by Crippen LogP contribution is -2.24. The van der Waals surface area contributed by atoms with E-state index in [-0.39, 0.29) is 5.56 Å². The smallest absolute Gasteiger partial charge is 0.263 e. The van der Waals surface area contributed by atoms with Crippen LogP contribution in [0.25, 0.3) is 16.7 Å². The van der Waals surface area contributed by atoms with Crippen molar-refractivity contribution in [1.82, 2.24) is 19.2 Å². The fraction of sp³-hybridized carbons (Fsp3) is 0.160. The van der Waals surface area contributed by atoms with E-state index in [1.54, 1.807) is 23.8 Å². The average Bonchev–Trinajstić information content (AvgIpc) is 3.29. The first-order valence-corrected chi connectivity index (χ1v) is 12.0. The first kappa shape index (κ1) is 22.3. The molecule has 0 N–H and O–H groups in total. The Hall–Kier alpha value is -3.49. The van der Waals surface area contributed by atoms with Crippen LogP contribution in [0.15, 0.2) is 82.7 Å². The molecule has 2 heterocycles. The summed E-state index contributed by atoms with van der Waals surface area (Å²) in [7, 11) is 1.62. The molecule has 5 aromatic rings. The first-order chi connectivity index (χ1) is 16.7. The molecule has 172 valence electrons. The Bertz CT molecular complexity index is 1510. The molecule has 0 fully saturated rings. The van der Waals surface area contributed by atoms with Gasteiger partial charge in [-0.05, 0) is 42.5 Å². The fourth-order valence-corrected chi connectivity index (χ4v) is 4.68. The van der Waals surface area contributed by atoms with Crippen molar-refractivity contribution in [2.45, 2.75) is 11.7 Å². The second kappa shape index (κ2) is 9.79. The number of thioether (sulfide) groups is 1. The predicted molar refractivity (Wildman–Crippen MR) is 135 cm³/mol. The molecule has 0 atom stereocenters. The molecular weight excluding hydrogens is 472 g/mol. The number of para-hydroxylation sites is 2. The number of ether oxygens (including phenoxy) is 2. The van der Waals surface area contributed by atoms with Gasteiger partial charge >= 0.3 is 0 Å². The van der Waals surface area contributed by atoms with Crippen LogP contribution in [0, 0.1) is 0 Å². The number of hydrogen-bond donors (Lipinski definition) is 0. The van der Waals surface area contributed by atoms with Crippen LogP contribution in [0.2, 0.25) is 5.02 Å². The van der Waals surface area contributed by atoms with Crippen molar-refractivity contribution in [2.24, 2.45) is 0 Å². The van der Waals surface area contributed by atoms with Crippen molar-refractivity contribution in [3.63, 3.8) is 0 Å². The molecule has 7 nitrogen and oxygen atoms in total. The summed E-state index contributed by atoms with van der Waals surface area (Å²) in [5.74, 6) is 2.61. The maximum atomic E-state index is 13.4. The molecule has 0 unspecified atom stereocenters. The molecule has 0 saturated heterocycles. The first-order valence-electron chi connectivity index (χ1n) is 10.7. The normalized spacial score (nSPS) is 11.2. The van der Waals surface area contributed by atoms with Crippen LogP contribution in [-0.2, 0) is 6.54 Å². The Morgan fingerprint density at radius 1 is 0.971 bits per heavy atom. The van der Waals surface area contributed by atoms with Gasteiger partial charge in [-0.25, -0.2) is 0 Å². The molecule has 34 heavy (non-hydrogen) atoms. The van der Waals surface area contributed by atoms with Gasteiger partial charge < -0.3 is 9.47 Å². The Kier molecular flexibility index (Phi) is 6.42. The minimum atomic E-state index is -0.121. The minimum absolute atomic E-state index is 0.121. The van der Waals surface area contributed by atoms with E-state index < -0.39 is 0 Å². The van der Waals surface area contributed by atoms with Gasteiger partial charge in [0.25, 0.3) is 5.56 Å². The number of nitrogens with zero attached hydrogens (tertiary/aromatic N) is 4. The molecule has 0 saturated carbocycles. The lowest BCUT2D eigenvalue weighted by molar-refractivity contribution is 0.344. The molecule has 0 aliphatic carbocycles. The number of benzene rings is 3. The predicted octanol–water partition coefficient (Wildman–Crippen LogP) is 4.93. The van der Waals surface area contributed by atoms with Crippen LogP contribution in [0.5, 0.6) is 11.5 Å². The van der Waals surface area contributed by atoms with Crippen LogP contribution in [0.3, 0.4) is 0 Å². The quantitative estimate of drug-likeness (QED) is 0.226. The second-order valence-electron chi connectivity index (χ2n) is 7.49. The van der Waals surface area contributed by atoms with E-state index in [0.717, 1.165) is 16.8 Å². The van der Waals surface area contributed by atoms with E-state index in [0.29, 0.717) is 46.0 Å². The van der Waals surface area contributed by atoms with Gasteiger partial charge in [0.15, 0.2) is 5.16 Å². The third kappa shape index (κ3) is 4.34. The molecule has 0 amide bonds. The van der Waals surface area contributed by atoms with E-state index in [1.165, 1.54) is 11.8 Å². The number of aromatic nitrogens is 4. The summed E-state index contributed by atoms with van der Waals surface area (Å²) in [6, 6.07) is 22.4. The Labute approximate surface area is 204 Å². The van der Waals surface area contributed by atoms with Crippen LogP contribution >= 0.6 is 23.4 Å². The summed E-state index contributed by atoms with van der Waals surface area (Å²) in [6.45, 7) is 0.805. The van der Waals surface area contributed by atoms with E-state index in [9.17, 15) is 4.79 Å². The third-order valence-corrected chi connectivity index (χ3v) is 6.54. The van der Waals surface area contributed by atoms with Gasteiger partial charge in [0.1, 0.15) is 11.5 Å². The van der Waals surface area contributed by atoms with Gasteiger partial charge in [0, 0.05) is 16.3 Å². The van der Waals surface area contributed by atoms with E-state index in [2.05, 4.69) is 10.2 Å². The molecule has 0 bridgehead atoms. The van der Waals surface area contributed by atoms with Gasteiger partial charge in [-0.1, -0.05) is 53.7 Å². The van der Waals surface area contributed by atoms with Crippen LogP contribution < -0.4 is 15.0 Å². The SMILES string of the molecule is COc1ccccc1Cn1c(=O)c2ccccc2n2c(SCCOc3ccc(Cl)cc3)nnc12. The van der Waals surface area contributed by atoms with E-state index in [1.807, 2.05) is 65.1 Å². The summed E-state index contributed by atoms with van der Waals surface area (Å²) in [4.78, 5) is 13.4. The molecule has 5 rings (SSSR count). The largest absolute Gasteiger partial charge is 0.496 e. The van der Waals surface area contributed by atoms with Gasteiger partial charge in [-0.3, -0.25) is 13.8 Å². The van der Waals surface area contributed by atoms with Gasteiger partial charge in [-0.2, -0.15) is 0 Å². The molecule has 2 aromatic heterocycles. The van der Waals surface area contributed by atoms with Crippen molar-refractivity contribution in [1.29, 1.82) is 0 Å². The lowest BCUT2D eigenvalue weighted by atomic mass is 10.2. The summed E-state index contributed by atoms with van der Waals surface area (Å²) in [5, 5.41) is 10.8. The summed E-state index contributed by atoms with van der Waals surface area (Å²) >= 11 is 7.45. The molecule has 0 spiro atoms.